The average molecular weight is 229 g/mol. The molecule has 1 N–H and O–H groups in total. The summed E-state index contributed by atoms with van der Waals surface area (Å²) in [6.07, 6.45) is 6.95. The minimum atomic E-state index is 0.393. The standard InChI is InChI=1S/C12H23NOS/c1-12(2)7-8-15-9-11(12)13-14-10-5-3-4-6-10/h10-11,13H,3-9H2,1-2H3. The third-order valence-corrected chi connectivity index (χ3v) is 4.86. The molecule has 2 rings (SSSR count). The molecule has 1 atom stereocenters. The third kappa shape index (κ3) is 3.11. The lowest BCUT2D eigenvalue weighted by atomic mass is 9.83. The minimum Gasteiger partial charge on any atom is -0.298 e. The number of hydrogen-bond donors (Lipinski definition) is 1. The van der Waals surface area contributed by atoms with Gasteiger partial charge in [-0.3, -0.25) is 4.84 Å². The molecule has 0 aromatic heterocycles. The quantitative estimate of drug-likeness (QED) is 0.752. The first-order chi connectivity index (χ1) is 7.18. The van der Waals surface area contributed by atoms with Crippen molar-refractivity contribution in [2.75, 3.05) is 11.5 Å². The van der Waals surface area contributed by atoms with Crippen molar-refractivity contribution >= 4 is 11.8 Å². The zero-order chi connectivity index (χ0) is 10.7. The molecule has 2 nitrogen and oxygen atoms in total. The summed E-state index contributed by atoms with van der Waals surface area (Å²) in [5.41, 5.74) is 3.73. The number of rotatable bonds is 3. The van der Waals surface area contributed by atoms with Crippen molar-refractivity contribution in [1.82, 2.24) is 5.48 Å². The van der Waals surface area contributed by atoms with E-state index in [2.05, 4.69) is 19.3 Å². The van der Waals surface area contributed by atoms with Crippen LogP contribution in [0.1, 0.15) is 46.0 Å². The van der Waals surface area contributed by atoms with Crippen LogP contribution in [-0.4, -0.2) is 23.7 Å². The Balaban J connectivity index is 1.76. The molecule has 0 aromatic rings. The maximum Gasteiger partial charge on any atom is 0.0790 e. The molecule has 1 aliphatic heterocycles. The first kappa shape index (κ1) is 11.7. The van der Waals surface area contributed by atoms with Crippen molar-refractivity contribution in [2.45, 2.75) is 58.1 Å². The van der Waals surface area contributed by atoms with Crippen molar-refractivity contribution in [3.05, 3.63) is 0 Å². The Bertz CT molecular complexity index is 202. The van der Waals surface area contributed by atoms with Crippen molar-refractivity contribution in [3.8, 4) is 0 Å². The highest BCUT2D eigenvalue weighted by molar-refractivity contribution is 7.99. The van der Waals surface area contributed by atoms with Crippen LogP contribution in [0.15, 0.2) is 0 Å². The first-order valence-electron chi connectivity index (χ1n) is 6.17. The highest BCUT2D eigenvalue weighted by atomic mass is 32.2. The van der Waals surface area contributed by atoms with Crippen LogP contribution in [0.5, 0.6) is 0 Å². The Morgan fingerprint density at radius 2 is 2.00 bits per heavy atom. The van der Waals surface area contributed by atoms with Gasteiger partial charge in [-0.1, -0.05) is 26.7 Å². The molecule has 0 spiro atoms. The zero-order valence-electron chi connectivity index (χ0n) is 9.92. The Kier molecular flexibility index (Phi) is 3.97. The lowest BCUT2D eigenvalue weighted by Gasteiger charge is -2.38. The molecule has 0 radical (unpaired) electrons. The van der Waals surface area contributed by atoms with Gasteiger partial charge in [0.15, 0.2) is 0 Å². The number of thioether (sulfide) groups is 1. The van der Waals surface area contributed by atoms with Crippen LogP contribution in [0.2, 0.25) is 0 Å². The van der Waals surface area contributed by atoms with E-state index >= 15 is 0 Å². The fraction of sp³-hybridized carbons (Fsp3) is 1.00. The van der Waals surface area contributed by atoms with Crippen LogP contribution in [0.4, 0.5) is 0 Å². The Labute approximate surface area is 97.5 Å². The SMILES string of the molecule is CC1(C)CCSCC1NOC1CCCC1. The summed E-state index contributed by atoms with van der Waals surface area (Å²) >= 11 is 2.05. The van der Waals surface area contributed by atoms with E-state index in [0.717, 1.165) is 0 Å². The second-order valence-corrected chi connectivity index (χ2v) is 6.66. The molecule has 1 unspecified atom stereocenters. The van der Waals surface area contributed by atoms with E-state index in [4.69, 9.17) is 4.84 Å². The Hall–Kier alpha value is 0.270. The van der Waals surface area contributed by atoms with Gasteiger partial charge in [-0.25, -0.2) is 0 Å². The number of nitrogens with one attached hydrogen (secondary N) is 1. The van der Waals surface area contributed by atoms with E-state index in [1.54, 1.807) is 0 Å². The summed E-state index contributed by atoms with van der Waals surface area (Å²) < 4.78 is 0. The fourth-order valence-electron chi connectivity index (χ4n) is 2.31. The minimum absolute atomic E-state index is 0.393. The van der Waals surface area contributed by atoms with Crippen LogP contribution in [0.25, 0.3) is 0 Å². The first-order valence-corrected chi connectivity index (χ1v) is 7.33. The van der Waals surface area contributed by atoms with E-state index in [0.29, 0.717) is 17.6 Å². The molecule has 0 aromatic carbocycles. The Morgan fingerprint density at radius 3 is 2.67 bits per heavy atom. The van der Waals surface area contributed by atoms with Gasteiger partial charge in [0, 0.05) is 11.8 Å². The molecule has 2 aliphatic rings. The van der Waals surface area contributed by atoms with Crippen LogP contribution >= 0.6 is 11.8 Å². The van der Waals surface area contributed by atoms with E-state index in [9.17, 15) is 0 Å². The van der Waals surface area contributed by atoms with Gasteiger partial charge in [-0.15, -0.1) is 0 Å². The molecule has 0 bridgehead atoms. The van der Waals surface area contributed by atoms with Gasteiger partial charge in [0.2, 0.25) is 0 Å². The van der Waals surface area contributed by atoms with Gasteiger partial charge in [0.1, 0.15) is 0 Å². The molecular formula is C12H23NOS. The molecule has 15 heavy (non-hydrogen) atoms. The fourth-order valence-corrected chi connectivity index (χ4v) is 3.91. The molecule has 1 heterocycles. The second-order valence-electron chi connectivity index (χ2n) is 5.51. The van der Waals surface area contributed by atoms with Gasteiger partial charge in [-0.2, -0.15) is 17.2 Å². The third-order valence-electron chi connectivity index (χ3n) is 3.80. The normalized spacial score (nSPS) is 32.0. The highest BCUT2D eigenvalue weighted by Crippen LogP contribution is 2.34. The van der Waals surface area contributed by atoms with Gasteiger partial charge in [0.25, 0.3) is 0 Å². The summed E-state index contributed by atoms with van der Waals surface area (Å²) in [5, 5.41) is 0. The van der Waals surface area contributed by atoms with Crippen LogP contribution in [0.3, 0.4) is 0 Å². The highest BCUT2D eigenvalue weighted by Gasteiger charge is 2.33. The van der Waals surface area contributed by atoms with Crippen molar-refractivity contribution in [2.24, 2.45) is 5.41 Å². The second kappa shape index (κ2) is 5.07. The van der Waals surface area contributed by atoms with E-state index < -0.39 is 0 Å². The Morgan fingerprint density at radius 1 is 1.27 bits per heavy atom. The summed E-state index contributed by atoms with van der Waals surface area (Å²) in [6.45, 7) is 4.70. The largest absolute Gasteiger partial charge is 0.298 e. The van der Waals surface area contributed by atoms with Crippen molar-refractivity contribution in [3.63, 3.8) is 0 Å². The lowest BCUT2D eigenvalue weighted by Crippen LogP contribution is -2.47. The lowest BCUT2D eigenvalue weighted by molar-refractivity contribution is -0.0581. The predicted molar refractivity (Wildman–Crippen MR) is 66.0 cm³/mol. The monoisotopic (exact) mass is 229 g/mol. The molecule has 0 amide bonds. The zero-order valence-corrected chi connectivity index (χ0v) is 10.7. The van der Waals surface area contributed by atoms with Gasteiger partial charge < -0.3 is 0 Å². The smallest absolute Gasteiger partial charge is 0.0790 e. The van der Waals surface area contributed by atoms with Gasteiger partial charge in [0.05, 0.1) is 6.10 Å². The average Bonchev–Trinajstić information content (AvgIpc) is 2.68. The summed E-state index contributed by atoms with van der Waals surface area (Å²) in [4.78, 5) is 5.81. The number of hydrogen-bond acceptors (Lipinski definition) is 3. The molecule has 1 aliphatic carbocycles. The summed E-state index contributed by atoms with van der Waals surface area (Å²) in [7, 11) is 0. The molecule has 2 fully saturated rings. The van der Waals surface area contributed by atoms with E-state index in [1.807, 2.05) is 11.8 Å². The van der Waals surface area contributed by atoms with E-state index in [1.165, 1.54) is 43.6 Å². The summed E-state index contributed by atoms with van der Waals surface area (Å²) in [6, 6.07) is 0.525. The summed E-state index contributed by atoms with van der Waals surface area (Å²) in [5.74, 6) is 2.49. The maximum absolute atomic E-state index is 5.81. The topological polar surface area (TPSA) is 21.3 Å². The van der Waals surface area contributed by atoms with Gasteiger partial charge >= 0.3 is 0 Å². The maximum atomic E-state index is 5.81. The van der Waals surface area contributed by atoms with E-state index in [-0.39, 0.29) is 0 Å². The molecular weight excluding hydrogens is 206 g/mol. The molecule has 3 heteroatoms. The van der Waals surface area contributed by atoms with Crippen molar-refractivity contribution in [1.29, 1.82) is 0 Å². The van der Waals surface area contributed by atoms with Crippen LogP contribution in [-0.2, 0) is 4.84 Å². The van der Waals surface area contributed by atoms with Crippen LogP contribution in [0, 0.1) is 5.41 Å². The predicted octanol–water partition coefficient (Wildman–Crippen LogP) is 2.98. The van der Waals surface area contributed by atoms with Gasteiger partial charge in [-0.05, 0) is 30.4 Å². The number of hydroxylamine groups is 1. The molecule has 88 valence electrons. The molecule has 1 saturated heterocycles. The molecule has 1 saturated carbocycles. The van der Waals surface area contributed by atoms with Crippen LogP contribution < -0.4 is 5.48 Å². The van der Waals surface area contributed by atoms with Crippen molar-refractivity contribution < 1.29 is 4.84 Å².